The minimum absolute atomic E-state index is 0.419. The number of benzene rings is 2. The number of hydrogen-bond acceptors (Lipinski definition) is 3. The van der Waals surface area contributed by atoms with Crippen LogP contribution in [0.4, 0.5) is 0 Å². The van der Waals surface area contributed by atoms with Crippen LogP contribution in [0.2, 0.25) is 0 Å². The average Bonchev–Trinajstić information content (AvgIpc) is 3.18. The normalized spacial score (nSPS) is 11.2. The zero-order chi connectivity index (χ0) is 20.3. The van der Waals surface area contributed by atoms with Crippen molar-refractivity contribution in [2.75, 3.05) is 0 Å². The van der Waals surface area contributed by atoms with Crippen LogP contribution in [0.3, 0.4) is 0 Å². The molecular weight excluding hydrogens is 356 g/mol. The molecule has 0 unspecified atom stereocenters. The summed E-state index contributed by atoms with van der Waals surface area (Å²) in [5.74, 6) is 0. The van der Waals surface area contributed by atoms with E-state index in [0.717, 1.165) is 23.4 Å². The molecule has 0 spiro atoms. The van der Waals surface area contributed by atoms with Crippen molar-refractivity contribution in [1.82, 2.24) is 14.8 Å². The summed E-state index contributed by atoms with van der Waals surface area (Å²) in [4.78, 5) is 4.47. The molecule has 4 heteroatoms. The van der Waals surface area contributed by atoms with Gasteiger partial charge in [0.15, 0.2) is 0 Å². The Bertz CT molecular complexity index is 1100. The van der Waals surface area contributed by atoms with Gasteiger partial charge in [0.05, 0.1) is 17.0 Å². The molecule has 29 heavy (non-hydrogen) atoms. The van der Waals surface area contributed by atoms with Crippen molar-refractivity contribution in [1.29, 1.82) is 5.26 Å². The van der Waals surface area contributed by atoms with E-state index in [2.05, 4.69) is 77.4 Å². The van der Waals surface area contributed by atoms with Gasteiger partial charge in [0, 0.05) is 18.0 Å². The Hall–Kier alpha value is -3.71. The first-order valence-corrected chi connectivity index (χ1v) is 9.73. The third-order valence-electron chi connectivity index (χ3n) is 5.47. The summed E-state index contributed by atoms with van der Waals surface area (Å²) < 4.78 is 2.07. The number of pyridine rings is 1. The van der Waals surface area contributed by atoms with Gasteiger partial charge in [0.2, 0.25) is 0 Å². The van der Waals surface area contributed by atoms with Crippen LogP contribution < -0.4 is 0 Å². The second-order valence-corrected chi connectivity index (χ2v) is 7.06. The lowest BCUT2D eigenvalue weighted by atomic mass is 9.80. The highest BCUT2D eigenvalue weighted by Crippen LogP contribution is 2.38. The number of aryl methyl sites for hydroxylation is 1. The van der Waals surface area contributed by atoms with E-state index in [4.69, 9.17) is 10.4 Å². The lowest BCUT2D eigenvalue weighted by Crippen LogP contribution is -2.36. The topological polar surface area (TPSA) is 54.5 Å². The minimum atomic E-state index is -0.419. The van der Waals surface area contributed by atoms with E-state index in [1.54, 1.807) is 12.3 Å². The van der Waals surface area contributed by atoms with E-state index in [1.807, 2.05) is 25.1 Å². The molecule has 4 nitrogen and oxygen atoms in total. The summed E-state index contributed by atoms with van der Waals surface area (Å²) in [6.07, 6.45) is 4.53. The smallest absolute Gasteiger partial charge is 0.112 e. The molecule has 142 valence electrons. The first-order valence-electron chi connectivity index (χ1n) is 9.73. The molecule has 4 aromatic rings. The highest BCUT2D eigenvalue weighted by molar-refractivity contribution is 5.61. The van der Waals surface area contributed by atoms with Gasteiger partial charge < -0.3 is 0 Å². The molecule has 0 bridgehead atoms. The average molecular weight is 378 g/mol. The van der Waals surface area contributed by atoms with Gasteiger partial charge in [-0.15, -0.1) is 0 Å². The number of hydrogen-bond donors (Lipinski definition) is 0. The summed E-state index contributed by atoms with van der Waals surface area (Å²) in [7, 11) is 0. The van der Waals surface area contributed by atoms with Crippen molar-refractivity contribution in [2.45, 2.75) is 25.8 Å². The molecule has 0 aliphatic heterocycles. The molecule has 2 aromatic carbocycles. The number of nitrogens with zero attached hydrogens (tertiary/aromatic N) is 4. The number of nitriles is 1. The van der Waals surface area contributed by atoms with E-state index >= 15 is 0 Å². The van der Waals surface area contributed by atoms with E-state index in [0.29, 0.717) is 5.56 Å². The predicted molar refractivity (Wildman–Crippen MR) is 114 cm³/mol. The monoisotopic (exact) mass is 378 g/mol. The largest absolute Gasteiger partial charge is 0.257 e. The second kappa shape index (κ2) is 7.73. The molecule has 0 atom stereocenters. The zero-order valence-electron chi connectivity index (χ0n) is 16.6. The van der Waals surface area contributed by atoms with Gasteiger partial charge in [-0.05, 0) is 36.6 Å². The van der Waals surface area contributed by atoms with Gasteiger partial charge in [0.25, 0.3) is 0 Å². The van der Waals surface area contributed by atoms with Crippen LogP contribution in [0.25, 0.3) is 11.3 Å². The Morgan fingerprint density at radius 2 is 1.55 bits per heavy atom. The maximum atomic E-state index is 9.04. The van der Waals surface area contributed by atoms with E-state index in [9.17, 15) is 0 Å². The standard InChI is InChI=1S/C25H22N4/c1-3-25(21-10-6-4-7-11-21,22-12-8-5-9-13-22)29-18-23(19(2)28-29)24-15-14-20(16-26)17-27-24/h4-15,17-18H,3H2,1-2H3. The SMILES string of the molecule is CCC(c1ccccc1)(c1ccccc1)n1cc(-c2ccc(C#N)cn2)c(C)n1. The van der Waals surface area contributed by atoms with Crippen LogP contribution in [-0.2, 0) is 5.54 Å². The number of rotatable bonds is 5. The van der Waals surface area contributed by atoms with Gasteiger partial charge in [-0.2, -0.15) is 10.4 Å². The predicted octanol–water partition coefficient (Wildman–Crippen LogP) is 5.33. The summed E-state index contributed by atoms with van der Waals surface area (Å²) in [5.41, 5.74) is 5.21. The van der Waals surface area contributed by atoms with Gasteiger partial charge in [-0.1, -0.05) is 67.6 Å². The number of aromatic nitrogens is 3. The maximum Gasteiger partial charge on any atom is 0.112 e. The highest BCUT2D eigenvalue weighted by atomic mass is 15.3. The summed E-state index contributed by atoms with van der Waals surface area (Å²) in [5, 5.41) is 14.0. The Labute approximate surface area is 171 Å². The molecule has 0 aliphatic rings. The van der Waals surface area contributed by atoms with Gasteiger partial charge in [-0.25, -0.2) is 0 Å². The molecule has 2 aromatic heterocycles. The van der Waals surface area contributed by atoms with Crippen LogP contribution in [0, 0.1) is 18.3 Å². The molecule has 0 radical (unpaired) electrons. The van der Waals surface area contributed by atoms with Crippen LogP contribution in [-0.4, -0.2) is 14.8 Å². The van der Waals surface area contributed by atoms with Crippen molar-refractivity contribution in [3.8, 4) is 17.3 Å². The summed E-state index contributed by atoms with van der Waals surface area (Å²) >= 11 is 0. The summed E-state index contributed by atoms with van der Waals surface area (Å²) in [6, 6.07) is 26.8. The van der Waals surface area contributed by atoms with Crippen molar-refractivity contribution < 1.29 is 0 Å². The third kappa shape index (κ3) is 3.21. The second-order valence-electron chi connectivity index (χ2n) is 7.06. The lowest BCUT2D eigenvalue weighted by molar-refractivity contribution is 0.373. The third-order valence-corrected chi connectivity index (χ3v) is 5.47. The fourth-order valence-corrected chi connectivity index (χ4v) is 3.96. The molecule has 2 heterocycles. The molecule has 0 N–H and O–H groups in total. The molecule has 0 amide bonds. The maximum absolute atomic E-state index is 9.04. The molecule has 0 saturated heterocycles. The first kappa shape index (κ1) is 18.6. The van der Waals surface area contributed by atoms with Gasteiger partial charge in [-0.3, -0.25) is 9.67 Å². The van der Waals surface area contributed by atoms with Crippen molar-refractivity contribution >= 4 is 0 Å². The Balaban J connectivity index is 1.92. The van der Waals surface area contributed by atoms with Crippen LogP contribution in [0.5, 0.6) is 0 Å². The zero-order valence-corrected chi connectivity index (χ0v) is 16.6. The molecular formula is C25H22N4. The van der Waals surface area contributed by atoms with Crippen molar-refractivity contribution in [3.05, 3.63) is 108 Å². The fourth-order valence-electron chi connectivity index (χ4n) is 3.96. The first-order chi connectivity index (χ1) is 14.2. The Morgan fingerprint density at radius 3 is 2.03 bits per heavy atom. The Morgan fingerprint density at radius 1 is 0.931 bits per heavy atom. The van der Waals surface area contributed by atoms with Crippen LogP contribution >= 0.6 is 0 Å². The van der Waals surface area contributed by atoms with Crippen LogP contribution in [0.1, 0.15) is 35.7 Å². The van der Waals surface area contributed by atoms with Crippen molar-refractivity contribution in [2.24, 2.45) is 0 Å². The Kier molecular flexibility index (Phi) is 4.97. The van der Waals surface area contributed by atoms with E-state index < -0.39 is 5.54 Å². The molecule has 0 aliphatic carbocycles. The van der Waals surface area contributed by atoms with Gasteiger partial charge in [0.1, 0.15) is 11.6 Å². The summed E-state index contributed by atoms with van der Waals surface area (Å²) in [6.45, 7) is 4.19. The van der Waals surface area contributed by atoms with E-state index in [-0.39, 0.29) is 0 Å². The van der Waals surface area contributed by atoms with Gasteiger partial charge >= 0.3 is 0 Å². The van der Waals surface area contributed by atoms with Crippen molar-refractivity contribution in [3.63, 3.8) is 0 Å². The molecule has 0 saturated carbocycles. The lowest BCUT2D eigenvalue weighted by Gasteiger charge is -2.34. The van der Waals surface area contributed by atoms with E-state index in [1.165, 1.54) is 11.1 Å². The highest BCUT2D eigenvalue weighted by Gasteiger charge is 2.36. The molecule has 0 fully saturated rings. The quantitative estimate of drug-likeness (QED) is 0.472. The van der Waals surface area contributed by atoms with Crippen LogP contribution in [0.15, 0.2) is 85.2 Å². The minimum Gasteiger partial charge on any atom is -0.257 e. The fraction of sp³-hybridized carbons (Fsp3) is 0.160. The molecule has 4 rings (SSSR count).